The standard InChI is InChI=1S/C8H13N3OS/c9-7-2-1-3-8(7)12-4-6-5-13-11-10-6/h5,7-8H,1-4,9H2. The second-order valence-electron chi connectivity index (χ2n) is 3.34. The fraction of sp³-hybridized carbons (Fsp3) is 0.750. The van der Waals surface area contributed by atoms with Gasteiger partial charge in [-0.2, -0.15) is 0 Å². The van der Waals surface area contributed by atoms with Gasteiger partial charge in [-0.1, -0.05) is 4.49 Å². The molecule has 1 aromatic heterocycles. The van der Waals surface area contributed by atoms with Crippen molar-refractivity contribution in [2.45, 2.75) is 38.0 Å². The molecule has 0 aromatic carbocycles. The normalized spacial score (nSPS) is 28.1. The maximum atomic E-state index is 5.86. The van der Waals surface area contributed by atoms with Crippen LogP contribution in [-0.4, -0.2) is 21.7 Å². The van der Waals surface area contributed by atoms with Crippen LogP contribution in [0.2, 0.25) is 0 Å². The van der Waals surface area contributed by atoms with Crippen molar-refractivity contribution in [2.24, 2.45) is 5.73 Å². The number of hydrogen-bond donors (Lipinski definition) is 1. The van der Waals surface area contributed by atoms with E-state index in [0.717, 1.165) is 18.5 Å². The molecule has 0 spiro atoms. The molecule has 0 aliphatic heterocycles. The summed E-state index contributed by atoms with van der Waals surface area (Å²) in [5, 5.41) is 5.81. The van der Waals surface area contributed by atoms with E-state index in [9.17, 15) is 0 Å². The third kappa shape index (κ3) is 2.24. The lowest BCUT2D eigenvalue weighted by atomic mass is 10.2. The van der Waals surface area contributed by atoms with E-state index in [1.54, 1.807) is 0 Å². The molecule has 1 saturated carbocycles. The average Bonchev–Trinajstić information content (AvgIpc) is 2.72. The van der Waals surface area contributed by atoms with Gasteiger partial charge in [-0.3, -0.25) is 0 Å². The van der Waals surface area contributed by atoms with E-state index < -0.39 is 0 Å². The summed E-state index contributed by atoms with van der Waals surface area (Å²) in [5.41, 5.74) is 6.77. The number of ether oxygens (including phenoxy) is 1. The fourth-order valence-electron chi connectivity index (χ4n) is 1.60. The Morgan fingerprint density at radius 2 is 2.54 bits per heavy atom. The topological polar surface area (TPSA) is 61.0 Å². The van der Waals surface area contributed by atoms with E-state index in [2.05, 4.69) is 9.59 Å². The van der Waals surface area contributed by atoms with Gasteiger partial charge in [-0.15, -0.1) is 5.10 Å². The molecule has 13 heavy (non-hydrogen) atoms. The first-order valence-electron chi connectivity index (χ1n) is 4.49. The lowest BCUT2D eigenvalue weighted by Gasteiger charge is -2.14. The van der Waals surface area contributed by atoms with E-state index in [-0.39, 0.29) is 12.1 Å². The summed E-state index contributed by atoms with van der Waals surface area (Å²) in [6, 6.07) is 0.214. The molecule has 1 aliphatic carbocycles. The number of hydrogen-bond acceptors (Lipinski definition) is 5. The molecule has 5 heteroatoms. The third-order valence-corrected chi connectivity index (χ3v) is 2.91. The zero-order valence-corrected chi connectivity index (χ0v) is 8.17. The summed E-state index contributed by atoms with van der Waals surface area (Å²) < 4.78 is 9.41. The Morgan fingerprint density at radius 1 is 1.62 bits per heavy atom. The van der Waals surface area contributed by atoms with Crippen molar-refractivity contribution in [1.82, 2.24) is 9.59 Å². The molecular weight excluding hydrogens is 186 g/mol. The van der Waals surface area contributed by atoms with Gasteiger partial charge < -0.3 is 10.5 Å². The molecule has 0 radical (unpaired) electrons. The van der Waals surface area contributed by atoms with Crippen LogP contribution in [0.3, 0.4) is 0 Å². The second-order valence-corrected chi connectivity index (χ2v) is 3.95. The molecule has 4 nitrogen and oxygen atoms in total. The highest BCUT2D eigenvalue weighted by Gasteiger charge is 2.24. The molecule has 2 atom stereocenters. The molecule has 0 saturated heterocycles. The van der Waals surface area contributed by atoms with Gasteiger partial charge in [-0.05, 0) is 30.8 Å². The minimum absolute atomic E-state index is 0.214. The highest BCUT2D eigenvalue weighted by molar-refractivity contribution is 7.03. The van der Waals surface area contributed by atoms with Crippen molar-refractivity contribution in [1.29, 1.82) is 0 Å². The minimum Gasteiger partial charge on any atom is -0.370 e. The van der Waals surface area contributed by atoms with Gasteiger partial charge in [0.2, 0.25) is 0 Å². The zero-order valence-electron chi connectivity index (χ0n) is 7.35. The van der Waals surface area contributed by atoms with Crippen LogP contribution in [0.25, 0.3) is 0 Å². The first-order valence-corrected chi connectivity index (χ1v) is 5.33. The summed E-state index contributed by atoms with van der Waals surface area (Å²) in [6.07, 6.45) is 3.57. The molecule has 1 fully saturated rings. The molecule has 2 N–H and O–H groups in total. The average molecular weight is 199 g/mol. The first-order chi connectivity index (χ1) is 6.36. The Balaban J connectivity index is 1.79. The summed E-state index contributed by atoms with van der Waals surface area (Å²) in [6.45, 7) is 0.550. The molecule has 72 valence electrons. The van der Waals surface area contributed by atoms with Crippen molar-refractivity contribution in [3.8, 4) is 0 Å². The van der Waals surface area contributed by atoms with E-state index >= 15 is 0 Å². The smallest absolute Gasteiger partial charge is 0.101 e. The van der Waals surface area contributed by atoms with Gasteiger partial charge in [0.15, 0.2) is 0 Å². The Labute approximate surface area is 81.3 Å². The summed E-state index contributed by atoms with van der Waals surface area (Å²) in [5.74, 6) is 0. The highest BCUT2D eigenvalue weighted by Crippen LogP contribution is 2.21. The van der Waals surface area contributed by atoms with Gasteiger partial charge in [-0.25, -0.2) is 0 Å². The minimum atomic E-state index is 0.214. The van der Waals surface area contributed by atoms with Crippen molar-refractivity contribution in [3.63, 3.8) is 0 Å². The zero-order chi connectivity index (χ0) is 9.10. The number of nitrogens with zero attached hydrogens (tertiary/aromatic N) is 2. The third-order valence-electron chi connectivity index (χ3n) is 2.35. The molecular formula is C8H13N3OS. The van der Waals surface area contributed by atoms with Crippen LogP contribution >= 0.6 is 11.5 Å². The van der Waals surface area contributed by atoms with Crippen molar-refractivity contribution in [3.05, 3.63) is 11.1 Å². The number of aromatic nitrogens is 2. The van der Waals surface area contributed by atoms with Crippen LogP contribution in [0, 0.1) is 0 Å². The van der Waals surface area contributed by atoms with Crippen molar-refractivity contribution >= 4 is 11.5 Å². The van der Waals surface area contributed by atoms with Crippen LogP contribution in [-0.2, 0) is 11.3 Å². The molecule has 1 aliphatic rings. The van der Waals surface area contributed by atoms with E-state index in [1.807, 2.05) is 5.38 Å². The molecule has 1 aromatic rings. The second kappa shape index (κ2) is 4.13. The molecule has 2 rings (SSSR count). The molecule has 0 amide bonds. The van der Waals surface area contributed by atoms with Crippen LogP contribution in [0.1, 0.15) is 25.0 Å². The maximum absolute atomic E-state index is 5.86. The molecule has 0 bridgehead atoms. The van der Waals surface area contributed by atoms with E-state index in [0.29, 0.717) is 6.61 Å². The van der Waals surface area contributed by atoms with Gasteiger partial charge in [0.1, 0.15) is 5.69 Å². The van der Waals surface area contributed by atoms with Crippen LogP contribution < -0.4 is 5.73 Å². The van der Waals surface area contributed by atoms with Crippen LogP contribution in [0.4, 0.5) is 0 Å². The lowest BCUT2D eigenvalue weighted by molar-refractivity contribution is 0.0339. The largest absolute Gasteiger partial charge is 0.370 e. The van der Waals surface area contributed by atoms with Gasteiger partial charge in [0.05, 0.1) is 12.7 Å². The number of nitrogens with two attached hydrogens (primary N) is 1. The number of rotatable bonds is 3. The Kier molecular flexibility index (Phi) is 2.87. The Bertz CT molecular complexity index is 252. The Morgan fingerprint density at radius 3 is 3.15 bits per heavy atom. The fourth-order valence-corrected chi connectivity index (χ4v) is 2.04. The van der Waals surface area contributed by atoms with Crippen LogP contribution in [0.15, 0.2) is 5.38 Å². The monoisotopic (exact) mass is 199 g/mol. The van der Waals surface area contributed by atoms with Gasteiger partial charge in [0, 0.05) is 11.4 Å². The highest BCUT2D eigenvalue weighted by atomic mass is 32.1. The summed E-state index contributed by atoms with van der Waals surface area (Å²) in [4.78, 5) is 0. The predicted octanol–water partition coefficient (Wildman–Crippen LogP) is 0.934. The van der Waals surface area contributed by atoms with Crippen LogP contribution in [0.5, 0.6) is 0 Å². The maximum Gasteiger partial charge on any atom is 0.101 e. The van der Waals surface area contributed by atoms with Crippen molar-refractivity contribution in [2.75, 3.05) is 0 Å². The summed E-state index contributed by atoms with van der Waals surface area (Å²) in [7, 11) is 0. The Hall–Kier alpha value is -0.520. The van der Waals surface area contributed by atoms with Crippen molar-refractivity contribution < 1.29 is 4.74 Å². The predicted molar refractivity (Wildman–Crippen MR) is 50.3 cm³/mol. The lowest BCUT2D eigenvalue weighted by Crippen LogP contribution is -2.31. The summed E-state index contributed by atoms with van der Waals surface area (Å²) >= 11 is 1.35. The van der Waals surface area contributed by atoms with E-state index in [1.165, 1.54) is 18.0 Å². The van der Waals surface area contributed by atoms with E-state index in [4.69, 9.17) is 10.5 Å². The first kappa shape index (κ1) is 9.05. The molecule has 1 heterocycles. The quantitative estimate of drug-likeness (QED) is 0.786. The molecule has 2 unspecified atom stereocenters. The van der Waals surface area contributed by atoms with Gasteiger partial charge >= 0.3 is 0 Å². The SMILES string of the molecule is NC1CCCC1OCc1csnn1. The van der Waals surface area contributed by atoms with Gasteiger partial charge in [0.25, 0.3) is 0 Å².